The second-order valence-electron chi connectivity index (χ2n) is 8.35. The number of hydrogen-bond donors (Lipinski definition) is 5. The van der Waals surface area contributed by atoms with Gasteiger partial charge in [-0.2, -0.15) is 0 Å². The van der Waals surface area contributed by atoms with E-state index < -0.39 is 55.1 Å². The van der Waals surface area contributed by atoms with E-state index in [0.29, 0.717) is 0 Å². The number of carbonyl (C=O) groups is 2. The van der Waals surface area contributed by atoms with Crippen LogP contribution in [0.1, 0.15) is 11.1 Å². The molecule has 36 heavy (non-hydrogen) atoms. The van der Waals surface area contributed by atoms with Gasteiger partial charge in [-0.25, -0.2) is 0 Å². The zero-order chi connectivity index (χ0) is 25.9. The minimum atomic E-state index is -1.53. The number of amides is 2. The Bertz CT molecular complexity index is 1030. The molecule has 1 aliphatic heterocycles. The number of methoxy groups -OCH3 is 1. The molecule has 2 aromatic rings. The van der Waals surface area contributed by atoms with Crippen molar-refractivity contribution in [3.05, 3.63) is 90.0 Å². The third kappa shape index (κ3) is 7.58. The van der Waals surface area contributed by atoms with Gasteiger partial charge in [-0.05, 0) is 11.1 Å². The lowest BCUT2D eigenvalue weighted by molar-refractivity contribution is -0.258. The van der Waals surface area contributed by atoms with Crippen molar-refractivity contribution >= 4 is 17.9 Å². The molecule has 1 saturated heterocycles. The summed E-state index contributed by atoms with van der Waals surface area (Å²) in [6.45, 7) is -0.531. The third-order valence-electron chi connectivity index (χ3n) is 5.82. The van der Waals surface area contributed by atoms with Gasteiger partial charge in [0.05, 0.1) is 6.61 Å². The maximum atomic E-state index is 13.2. The Labute approximate surface area is 210 Å². The summed E-state index contributed by atoms with van der Waals surface area (Å²) in [5.74, 6) is -1.07. The van der Waals surface area contributed by atoms with Crippen molar-refractivity contribution < 1.29 is 34.4 Å². The SMILES string of the molecule is COC1C(O)C(CO)OC(O)C1NC(=O)C(Cc1ccccc1)NC(=O)/C=C/C=C/c1ccccc1. The maximum absolute atomic E-state index is 13.2. The summed E-state index contributed by atoms with van der Waals surface area (Å²) < 4.78 is 10.5. The van der Waals surface area contributed by atoms with Crippen LogP contribution in [0.4, 0.5) is 0 Å². The molecule has 0 saturated carbocycles. The van der Waals surface area contributed by atoms with Crippen molar-refractivity contribution in [2.75, 3.05) is 13.7 Å². The summed E-state index contributed by atoms with van der Waals surface area (Å²) in [6.07, 6.45) is 1.73. The predicted molar refractivity (Wildman–Crippen MR) is 133 cm³/mol. The van der Waals surface area contributed by atoms with Gasteiger partial charge in [0.15, 0.2) is 6.29 Å². The summed E-state index contributed by atoms with van der Waals surface area (Å²) in [7, 11) is 1.32. The quantitative estimate of drug-likeness (QED) is 0.239. The van der Waals surface area contributed by atoms with Crippen LogP contribution in [0.2, 0.25) is 0 Å². The van der Waals surface area contributed by atoms with Crippen LogP contribution in [0.3, 0.4) is 0 Å². The molecule has 6 atom stereocenters. The molecule has 1 aliphatic rings. The van der Waals surface area contributed by atoms with Crippen molar-refractivity contribution in [1.29, 1.82) is 0 Å². The summed E-state index contributed by atoms with van der Waals surface area (Å²) >= 11 is 0. The molecule has 9 heteroatoms. The number of ether oxygens (including phenoxy) is 2. The molecule has 6 unspecified atom stereocenters. The van der Waals surface area contributed by atoms with E-state index in [1.165, 1.54) is 13.2 Å². The number of allylic oxidation sites excluding steroid dienone is 2. The summed E-state index contributed by atoms with van der Waals surface area (Å²) in [4.78, 5) is 25.8. The van der Waals surface area contributed by atoms with Crippen LogP contribution in [0.15, 0.2) is 78.9 Å². The number of carbonyl (C=O) groups excluding carboxylic acids is 2. The Morgan fingerprint density at radius 1 is 1.06 bits per heavy atom. The van der Waals surface area contributed by atoms with Gasteiger partial charge in [0.2, 0.25) is 11.8 Å². The van der Waals surface area contributed by atoms with Crippen LogP contribution in [-0.2, 0) is 25.5 Å². The Kier molecular flexibility index (Phi) is 10.3. The fraction of sp³-hybridized carbons (Fsp3) is 0.333. The Hall–Kier alpha value is -3.34. The number of aliphatic hydroxyl groups is 3. The minimum Gasteiger partial charge on any atom is -0.394 e. The first-order valence-corrected chi connectivity index (χ1v) is 11.6. The first kappa shape index (κ1) is 27.3. The zero-order valence-corrected chi connectivity index (χ0v) is 19.9. The normalized spacial score (nSPS) is 25.1. The molecule has 3 rings (SSSR count). The van der Waals surface area contributed by atoms with E-state index in [9.17, 15) is 24.9 Å². The van der Waals surface area contributed by atoms with Crippen LogP contribution in [-0.4, -0.2) is 77.5 Å². The topological polar surface area (TPSA) is 137 Å². The molecule has 9 nitrogen and oxygen atoms in total. The second-order valence-corrected chi connectivity index (χ2v) is 8.35. The molecule has 0 aliphatic carbocycles. The van der Waals surface area contributed by atoms with Crippen molar-refractivity contribution in [2.45, 2.75) is 43.1 Å². The summed E-state index contributed by atoms with van der Waals surface area (Å²) in [6, 6.07) is 16.6. The van der Waals surface area contributed by atoms with Crippen molar-refractivity contribution in [3.63, 3.8) is 0 Å². The van der Waals surface area contributed by atoms with E-state index in [-0.39, 0.29) is 6.42 Å². The van der Waals surface area contributed by atoms with Gasteiger partial charge in [0, 0.05) is 19.6 Å². The molecule has 0 bridgehead atoms. The smallest absolute Gasteiger partial charge is 0.244 e. The summed E-state index contributed by atoms with van der Waals surface area (Å²) in [5.41, 5.74) is 1.80. The lowest BCUT2D eigenvalue weighted by atomic mass is 9.96. The van der Waals surface area contributed by atoms with Crippen LogP contribution in [0.25, 0.3) is 6.08 Å². The number of aliphatic hydroxyl groups excluding tert-OH is 3. The second kappa shape index (κ2) is 13.7. The number of rotatable bonds is 10. The van der Waals surface area contributed by atoms with Gasteiger partial charge >= 0.3 is 0 Å². The molecule has 2 aromatic carbocycles. The average Bonchev–Trinajstić information content (AvgIpc) is 2.89. The van der Waals surface area contributed by atoms with Crippen LogP contribution in [0, 0.1) is 0 Å². The molecule has 2 amide bonds. The van der Waals surface area contributed by atoms with Crippen LogP contribution >= 0.6 is 0 Å². The van der Waals surface area contributed by atoms with Gasteiger partial charge in [0.1, 0.15) is 30.4 Å². The van der Waals surface area contributed by atoms with Gasteiger partial charge in [0.25, 0.3) is 0 Å². The van der Waals surface area contributed by atoms with Gasteiger partial charge in [-0.1, -0.05) is 78.9 Å². The van der Waals surface area contributed by atoms with Gasteiger partial charge < -0.3 is 35.4 Å². The van der Waals surface area contributed by atoms with E-state index in [1.54, 1.807) is 12.2 Å². The standard InChI is InChI=1S/C27H32N2O7/c1-35-25-23(27(34)36-21(17-30)24(25)32)29-26(33)20(16-19-13-6-3-7-14-19)28-22(31)15-9-8-12-18-10-4-2-5-11-18/h2-15,20-21,23-25,27,30,32,34H,16-17H2,1H3,(H,28,31)(H,29,33)/b12-8+,15-9+. The lowest BCUT2D eigenvalue weighted by Crippen LogP contribution is -2.66. The fourth-order valence-electron chi connectivity index (χ4n) is 3.94. The molecule has 0 aromatic heterocycles. The fourth-order valence-corrected chi connectivity index (χ4v) is 3.94. The molecule has 0 radical (unpaired) electrons. The van der Waals surface area contributed by atoms with E-state index in [0.717, 1.165) is 11.1 Å². The highest BCUT2D eigenvalue weighted by Gasteiger charge is 2.46. The minimum absolute atomic E-state index is 0.190. The first-order valence-electron chi connectivity index (χ1n) is 11.6. The lowest BCUT2D eigenvalue weighted by Gasteiger charge is -2.42. The van der Waals surface area contributed by atoms with E-state index in [4.69, 9.17) is 9.47 Å². The number of nitrogens with one attached hydrogen (secondary N) is 2. The van der Waals surface area contributed by atoms with Crippen molar-refractivity contribution in [3.8, 4) is 0 Å². The van der Waals surface area contributed by atoms with Crippen molar-refractivity contribution in [2.24, 2.45) is 0 Å². The molecule has 1 fully saturated rings. The molecule has 5 N–H and O–H groups in total. The largest absolute Gasteiger partial charge is 0.394 e. The maximum Gasteiger partial charge on any atom is 0.244 e. The Balaban J connectivity index is 1.70. The van der Waals surface area contributed by atoms with Gasteiger partial charge in [-0.15, -0.1) is 0 Å². The van der Waals surface area contributed by atoms with E-state index >= 15 is 0 Å². The van der Waals surface area contributed by atoms with E-state index in [2.05, 4.69) is 10.6 Å². The molecular formula is C27H32N2O7. The highest BCUT2D eigenvalue weighted by molar-refractivity contribution is 5.93. The van der Waals surface area contributed by atoms with E-state index in [1.807, 2.05) is 66.7 Å². The number of hydrogen-bond acceptors (Lipinski definition) is 7. The molecule has 192 valence electrons. The molecular weight excluding hydrogens is 464 g/mol. The van der Waals surface area contributed by atoms with Crippen molar-refractivity contribution in [1.82, 2.24) is 10.6 Å². The van der Waals surface area contributed by atoms with Crippen LogP contribution < -0.4 is 10.6 Å². The monoisotopic (exact) mass is 496 g/mol. The van der Waals surface area contributed by atoms with Gasteiger partial charge in [-0.3, -0.25) is 9.59 Å². The Morgan fingerprint density at radius 3 is 2.36 bits per heavy atom. The third-order valence-corrected chi connectivity index (χ3v) is 5.82. The predicted octanol–water partition coefficient (Wildman–Crippen LogP) is 0.554. The first-order chi connectivity index (χ1) is 17.4. The average molecular weight is 497 g/mol. The summed E-state index contributed by atoms with van der Waals surface area (Å²) in [5, 5.41) is 35.5. The Morgan fingerprint density at radius 2 is 1.72 bits per heavy atom. The molecule has 0 spiro atoms. The van der Waals surface area contributed by atoms with Crippen LogP contribution in [0.5, 0.6) is 0 Å². The highest BCUT2D eigenvalue weighted by Crippen LogP contribution is 2.22. The molecule has 1 heterocycles. The zero-order valence-electron chi connectivity index (χ0n) is 19.9. The highest BCUT2D eigenvalue weighted by atomic mass is 16.6. The number of benzene rings is 2.